The van der Waals surface area contributed by atoms with Gasteiger partial charge in [0.2, 0.25) is 5.89 Å². The van der Waals surface area contributed by atoms with E-state index in [1.54, 1.807) is 0 Å². The molecule has 4 heteroatoms. The van der Waals surface area contributed by atoms with E-state index < -0.39 is 0 Å². The Kier molecular flexibility index (Phi) is 2.10. The summed E-state index contributed by atoms with van der Waals surface area (Å²) in [6.45, 7) is 0.386. The first-order chi connectivity index (χ1) is 8.33. The molecule has 4 saturated carbocycles. The molecule has 1 aromatic rings. The summed E-state index contributed by atoms with van der Waals surface area (Å²) in [6, 6.07) is 0. The van der Waals surface area contributed by atoms with Gasteiger partial charge in [-0.1, -0.05) is 5.16 Å². The molecular weight excluding hydrogens is 214 g/mol. The Balaban J connectivity index is 1.65. The van der Waals surface area contributed by atoms with E-state index in [-0.39, 0.29) is 0 Å². The summed E-state index contributed by atoms with van der Waals surface area (Å²) in [5, 5.41) is 3.96. The van der Waals surface area contributed by atoms with Crippen molar-refractivity contribution in [2.75, 3.05) is 0 Å². The Hall–Kier alpha value is -0.900. The van der Waals surface area contributed by atoms with E-state index in [2.05, 4.69) is 10.1 Å². The lowest BCUT2D eigenvalue weighted by Crippen LogP contribution is -2.43. The first-order valence-electron chi connectivity index (χ1n) is 6.86. The maximum absolute atomic E-state index is 5.55. The van der Waals surface area contributed by atoms with Crippen molar-refractivity contribution in [3.05, 3.63) is 11.7 Å². The SMILES string of the molecule is NCc1noc(C2C3CC4CC(C3)CC2C4)n1. The summed E-state index contributed by atoms with van der Waals surface area (Å²) in [6.07, 6.45) is 7.03. The molecule has 0 amide bonds. The predicted octanol–water partition coefficient (Wildman–Crippen LogP) is 2.07. The van der Waals surface area contributed by atoms with E-state index in [1.165, 1.54) is 32.1 Å². The number of hydrogen-bond donors (Lipinski definition) is 1. The van der Waals surface area contributed by atoms with Crippen molar-refractivity contribution in [2.45, 2.75) is 44.6 Å². The molecule has 4 nitrogen and oxygen atoms in total. The average molecular weight is 233 g/mol. The van der Waals surface area contributed by atoms with Gasteiger partial charge in [-0.2, -0.15) is 4.98 Å². The molecule has 0 aliphatic heterocycles. The predicted molar refractivity (Wildman–Crippen MR) is 62.0 cm³/mol. The summed E-state index contributed by atoms with van der Waals surface area (Å²) in [5.74, 6) is 5.66. The summed E-state index contributed by atoms with van der Waals surface area (Å²) in [7, 11) is 0. The Morgan fingerprint density at radius 3 is 2.24 bits per heavy atom. The van der Waals surface area contributed by atoms with E-state index in [9.17, 15) is 0 Å². The zero-order chi connectivity index (χ0) is 11.4. The molecule has 2 N–H and O–H groups in total. The molecule has 4 fully saturated rings. The second-order valence-electron chi connectivity index (χ2n) is 6.21. The largest absolute Gasteiger partial charge is 0.339 e. The van der Waals surface area contributed by atoms with Gasteiger partial charge >= 0.3 is 0 Å². The van der Waals surface area contributed by atoms with Gasteiger partial charge in [-0.25, -0.2) is 0 Å². The van der Waals surface area contributed by atoms with E-state index >= 15 is 0 Å². The fourth-order valence-electron chi connectivity index (χ4n) is 4.81. The van der Waals surface area contributed by atoms with Crippen molar-refractivity contribution in [1.82, 2.24) is 10.1 Å². The standard InChI is InChI=1S/C13H19N3O/c14-6-11-15-13(17-16-11)12-9-2-7-1-8(4-9)5-10(12)3-7/h7-10,12H,1-6,14H2. The highest BCUT2D eigenvalue weighted by atomic mass is 16.5. The maximum atomic E-state index is 5.55. The summed E-state index contributed by atoms with van der Waals surface area (Å²) in [4.78, 5) is 4.47. The summed E-state index contributed by atoms with van der Waals surface area (Å²) < 4.78 is 5.44. The molecule has 0 aromatic carbocycles. The molecule has 0 saturated heterocycles. The second-order valence-corrected chi connectivity index (χ2v) is 6.21. The van der Waals surface area contributed by atoms with E-state index in [0.717, 1.165) is 29.6 Å². The highest BCUT2D eigenvalue weighted by Gasteiger charge is 2.50. The number of aromatic nitrogens is 2. The Morgan fingerprint density at radius 2 is 1.71 bits per heavy atom. The topological polar surface area (TPSA) is 64.9 Å². The van der Waals surface area contributed by atoms with Crippen LogP contribution < -0.4 is 5.73 Å². The summed E-state index contributed by atoms with van der Waals surface area (Å²) in [5.41, 5.74) is 5.55. The monoisotopic (exact) mass is 233 g/mol. The minimum absolute atomic E-state index is 0.386. The third-order valence-corrected chi connectivity index (χ3v) is 5.18. The van der Waals surface area contributed by atoms with Crippen LogP contribution in [0.1, 0.15) is 49.7 Å². The zero-order valence-electron chi connectivity index (χ0n) is 10.0. The van der Waals surface area contributed by atoms with Gasteiger partial charge in [-0.05, 0) is 55.8 Å². The first kappa shape index (κ1) is 10.1. The van der Waals surface area contributed by atoms with Crippen LogP contribution in [0.3, 0.4) is 0 Å². The van der Waals surface area contributed by atoms with Crippen LogP contribution in [0, 0.1) is 23.7 Å². The van der Waals surface area contributed by atoms with Crippen LogP contribution in [0.15, 0.2) is 4.52 Å². The second kappa shape index (κ2) is 3.55. The lowest BCUT2D eigenvalue weighted by molar-refractivity contribution is -0.0131. The average Bonchev–Trinajstić information content (AvgIpc) is 2.76. The molecule has 0 spiro atoms. The molecule has 17 heavy (non-hydrogen) atoms. The van der Waals surface area contributed by atoms with E-state index in [4.69, 9.17) is 10.3 Å². The molecule has 0 radical (unpaired) electrons. The quantitative estimate of drug-likeness (QED) is 0.849. The van der Waals surface area contributed by atoms with Crippen molar-refractivity contribution in [3.8, 4) is 0 Å². The number of nitrogens with two attached hydrogens (primary N) is 1. The van der Waals surface area contributed by atoms with Crippen molar-refractivity contribution < 1.29 is 4.52 Å². The van der Waals surface area contributed by atoms with Crippen LogP contribution in [0.5, 0.6) is 0 Å². The van der Waals surface area contributed by atoms with Crippen LogP contribution in [-0.2, 0) is 6.54 Å². The van der Waals surface area contributed by atoms with Crippen molar-refractivity contribution in [2.24, 2.45) is 29.4 Å². The van der Waals surface area contributed by atoms with Gasteiger partial charge in [-0.15, -0.1) is 0 Å². The van der Waals surface area contributed by atoms with Gasteiger partial charge in [0.05, 0.1) is 6.54 Å². The smallest absolute Gasteiger partial charge is 0.230 e. The molecule has 0 unspecified atom stereocenters. The Morgan fingerprint density at radius 1 is 1.06 bits per heavy atom. The van der Waals surface area contributed by atoms with Crippen LogP contribution >= 0.6 is 0 Å². The van der Waals surface area contributed by atoms with E-state index in [0.29, 0.717) is 18.3 Å². The minimum Gasteiger partial charge on any atom is -0.339 e. The van der Waals surface area contributed by atoms with Crippen molar-refractivity contribution in [1.29, 1.82) is 0 Å². The number of hydrogen-bond acceptors (Lipinski definition) is 4. The molecule has 4 bridgehead atoms. The fourth-order valence-corrected chi connectivity index (χ4v) is 4.81. The molecular formula is C13H19N3O. The molecule has 4 aliphatic rings. The van der Waals surface area contributed by atoms with Crippen molar-refractivity contribution in [3.63, 3.8) is 0 Å². The third kappa shape index (κ3) is 1.46. The van der Waals surface area contributed by atoms with Crippen LogP contribution in [0.25, 0.3) is 0 Å². The lowest BCUT2D eigenvalue weighted by Gasteiger charge is -2.53. The number of nitrogens with zero attached hydrogens (tertiary/aromatic N) is 2. The molecule has 1 aromatic heterocycles. The molecule has 4 aliphatic carbocycles. The molecule has 92 valence electrons. The van der Waals surface area contributed by atoms with Gasteiger partial charge in [0, 0.05) is 5.92 Å². The highest BCUT2D eigenvalue weighted by molar-refractivity contribution is 5.09. The van der Waals surface area contributed by atoms with Crippen LogP contribution in [0.4, 0.5) is 0 Å². The van der Waals surface area contributed by atoms with E-state index in [1.807, 2.05) is 0 Å². The molecule has 0 atom stereocenters. The zero-order valence-corrected chi connectivity index (χ0v) is 10.0. The van der Waals surface area contributed by atoms with Gasteiger partial charge in [0.25, 0.3) is 0 Å². The van der Waals surface area contributed by atoms with Gasteiger partial charge in [-0.3, -0.25) is 0 Å². The highest BCUT2D eigenvalue weighted by Crippen LogP contribution is 2.59. The van der Waals surface area contributed by atoms with Gasteiger partial charge < -0.3 is 10.3 Å². The van der Waals surface area contributed by atoms with Gasteiger partial charge in [0.1, 0.15) is 0 Å². The van der Waals surface area contributed by atoms with Gasteiger partial charge in [0.15, 0.2) is 5.82 Å². The lowest BCUT2D eigenvalue weighted by atomic mass is 9.52. The van der Waals surface area contributed by atoms with Crippen LogP contribution in [0.2, 0.25) is 0 Å². The third-order valence-electron chi connectivity index (χ3n) is 5.18. The molecule has 1 heterocycles. The maximum Gasteiger partial charge on any atom is 0.230 e. The molecule has 5 rings (SSSR count). The Bertz CT molecular complexity index is 400. The summed E-state index contributed by atoms with van der Waals surface area (Å²) >= 11 is 0. The Labute approximate surface area is 101 Å². The fraction of sp³-hybridized carbons (Fsp3) is 0.846. The number of rotatable bonds is 2. The minimum atomic E-state index is 0.386. The van der Waals surface area contributed by atoms with Crippen molar-refractivity contribution >= 4 is 0 Å². The normalized spacial score (nSPS) is 43.2. The first-order valence-corrected chi connectivity index (χ1v) is 6.86. The van der Waals surface area contributed by atoms with Crippen LogP contribution in [-0.4, -0.2) is 10.1 Å².